The summed E-state index contributed by atoms with van der Waals surface area (Å²) in [5, 5.41) is 8.08. The Balaban J connectivity index is 1.36. The summed E-state index contributed by atoms with van der Waals surface area (Å²) in [6.07, 6.45) is 1.56. The molecule has 7 nitrogen and oxygen atoms in total. The van der Waals surface area contributed by atoms with Gasteiger partial charge in [-0.2, -0.15) is 9.78 Å². The third kappa shape index (κ3) is 4.77. The smallest absolute Gasteiger partial charge is 0.279 e. The van der Waals surface area contributed by atoms with E-state index in [1.54, 1.807) is 79.0 Å². The maximum absolute atomic E-state index is 13.3. The van der Waals surface area contributed by atoms with Gasteiger partial charge in [-0.3, -0.25) is 9.59 Å². The average Bonchev–Trinajstić information content (AvgIpc) is 2.89. The van der Waals surface area contributed by atoms with E-state index in [1.165, 1.54) is 16.8 Å². The van der Waals surface area contributed by atoms with E-state index in [2.05, 4.69) is 15.4 Å². The van der Waals surface area contributed by atoms with Crippen molar-refractivity contribution in [3.63, 3.8) is 0 Å². The second kappa shape index (κ2) is 9.56. The van der Waals surface area contributed by atoms with E-state index in [-0.39, 0.29) is 17.8 Å². The van der Waals surface area contributed by atoms with Gasteiger partial charge in [0.25, 0.3) is 11.5 Å². The van der Waals surface area contributed by atoms with Crippen LogP contribution in [0.3, 0.4) is 0 Å². The number of carbonyl (C=O) groups is 1. The number of para-hydroxylation sites is 1. The fourth-order valence-electron chi connectivity index (χ4n) is 3.59. The number of amides is 1. The van der Waals surface area contributed by atoms with Gasteiger partial charge in [0, 0.05) is 30.3 Å². The molecular formula is C27H19FN4O3. The van der Waals surface area contributed by atoms with Gasteiger partial charge in [0.05, 0.1) is 11.1 Å². The third-order valence-electron chi connectivity index (χ3n) is 5.29. The standard InChI is InChI=1S/C27H19FN4O3/c28-19-7-6-10-21(15-19)35-24-14-13-18(16-29-24)17-30-26(33)25-22-11-4-5-12-23(22)27(34)32(31-25)20-8-2-1-3-9-20/h1-16H,17H2,(H,30,33). The van der Waals surface area contributed by atoms with Crippen molar-refractivity contribution in [2.75, 3.05) is 0 Å². The van der Waals surface area contributed by atoms with Crippen LogP contribution in [0.25, 0.3) is 16.5 Å². The van der Waals surface area contributed by atoms with Crippen molar-refractivity contribution < 1.29 is 13.9 Å². The van der Waals surface area contributed by atoms with Crippen LogP contribution in [0, 0.1) is 5.82 Å². The van der Waals surface area contributed by atoms with Crippen molar-refractivity contribution >= 4 is 16.7 Å². The minimum atomic E-state index is -0.425. The Morgan fingerprint density at radius 1 is 0.914 bits per heavy atom. The molecule has 0 aliphatic carbocycles. The lowest BCUT2D eigenvalue weighted by Crippen LogP contribution is -2.29. The average molecular weight is 466 g/mol. The van der Waals surface area contributed by atoms with Crippen LogP contribution in [0.5, 0.6) is 11.6 Å². The first-order chi connectivity index (χ1) is 17.1. The van der Waals surface area contributed by atoms with Gasteiger partial charge >= 0.3 is 0 Å². The van der Waals surface area contributed by atoms with Crippen molar-refractivity contribution in [2.45, 2.75) is 6.54 Å². The number of nitrogens with zero attached hydrogens (tertiary/aromatic N) is 3. The molecule has 2 aromatic heterocycles. The highest BCUT2D eigenvalue weighted by Gasteiger charge is 2.17. The van der Waals surface area contributed by atoms with Crippen LogP contribution in [0.1, 0.15) is 16.1 Å². The molecule has 8 heteroatoms. The minimum absolute atomic E-state index is 0.142. The molecule has 5 rings (SSSR count). The maximum atomic E-state index is 13.3. The molecule has 0 spiro atoms. The predicted molar refractivity (Wildman–Crippen MR) is 129 cm³/mol. The van der Waals surface area contributed by atoms with Crippen molar-refractivity contribution in [3.05, 3.63) is 125 Å². The minimum Gasteiger partial charge on any atom is -0.439 e. The Bertz CT molecular complexity index is 1570. The maximum Gasteiger partial charge on any atom is 0.279 e. The number of rotatable bonds is 6. The van der Waals surface area contributed by atoms with Gasteiger partial charge in [-0.05, 0) is 35.9 Å². The first kappa shape index (κ1) is 22.0. The molecule has 0 aliphatic heterocycles. The Morgan fingerprint density at radius 2 is 1.69 bits per heavy atom. The summed E-state index contributed by atoms with van der Waals surface area (Å²) in [5.41, 5.74) is 1.13. The largest absolute Gasteiger partial charge is 0.439 e. The highest BCUT2D eigenvalue weighted by atomic mass is 19.1. The monoisotopic (exact) mass is 466 g/mol. The zero-order valence-corrected chi connectivity index (χ0v) is 18.4. The van der Waals surface area contributed by atoms with Crippen molar-refractivity contribution in [1.29, 1.82) is 0 Å². The fourth-order valence-corrected chi connectivity index (χ4v) is 3.59. The second-order valence-electron chi connectivity index (χ2n) is 7.69. The van der Waals surface area contributed by atoms with Gasteiger partial charge in [0.2, 0.25) is 5.88 Å². The molecule has 0 aliphatic rings. The lowest BCUT2D eigenvalue weighted by Gasteiger charge is -2.11. The molecule has 172 valence electrons. The number of fused-ring (bicyclic) bond motifs is 1. The molecule has 35 heavy (non-hydrogen) atoms. The van der Waals surface area contributed by atoms with E-state index in [1.807, 2.05) is 6.07 Å². The lowest BCUT2D eigenvalue weighted by atomic mass is 10.1. The van der Waals surface area contributed by atoms with Crippen molar-refractivity contribution in [1.82, 2.24) is 20.1 Å². The molecule has 0 saturated heterocycles. The Morgan fingerprint density at radius 3 is 2.43 bits per heavy atom. The molecule has 1 amide bonds. The van der Waals surface area contributed by atoms with Gasteiger partial charge in [-0.25, -0.2) is 9.37 Å². The van der Waals surface area contributed by atoms with Crippen LogP contribution < -0.4 is 15.6 Å². The molecule has 1 N–H and O–H groups in total. The van der Waals surface area contributed by atoms with Gasteiger partial charge in [0.1, 0.15) is 11.6 Å². The number of ether oxygens (including phenoxy) is 1. The molecule has 2 heterocycles. The van der Waals surface area contributed by atoms with Gasteiger partial charge in [-0.1, -0.05) is 48.5 Å². The SMILES string of the molecule is O=C(NCc1ccc(Oc2cccc(F)c2)nc1)c1nn(-c2ccccc2)c(=O)c2ccccc12. The van der Waals surface area contributed by atoms with E-state index < -0.39 is 11.7 Å². The first-order valence-corrected chi connectivity index (χ1v) is 10.8. The summed E-state index contributed by atoms with van der Waals surface area (Å²) in [5.74, 6) is -0.189. The number of aromatic nitrogens is 3. The molecule has 0 atom stereocenters. The highest BCUT2D eigenvalue weighted by molar-refractivity contribution is 6.04. The molecule has 0 saturated carbocycles. The number of hydrogen-bond donors (Lipinski definition) is 1. The van der Waals surface area contributed by atoms with E-state index >= 15 is 0 Å². The summed E-state index contributed by atoms with van der Waals surface area (Å²) in [4.78, 5) is 30.3. The van der Waals surface area contributed by atoms with E-state index in [4.69, 9.17) is 4.74 Å². The third-order valence-corrected chi connectivity index (χ3v) is 5.29. The van der Waals surface area contributed by atoms with Crippen LogP contribution >= 0.6 is 0 Å². The van der Waals surface area contributed by atoms with Crippen LogP contribution in [0.15, 0.2) is 102 Å². The van der Waals surface area contributed by atoms with Crippen LogP contribution in [-0.4, -0.2) is 20.7 Å². The predicted octanol–water partition coefficient (Wildman–Crippen LogP) is 4.64. The topological polar surface area (TPSA) is 86.1 Å². The number of carbonyl (C=O) groups excluding carboxylic acids is 1. The number of pyridine rings is 1. The van der Waals surface area contributed by atoms with Crippen LogP contribution in [0.2, 0.25) is 0 Å². The van der Waals surface area contributed by atoms with Gasteiger partial charge in [0.15, 0.2) is 5.69 Å². The Kier molecular flexibility index (Phi) is 6.00. The van der Waals surface area contributed by atoms with Crippen LogP contribution in [-0.2, 0) is 6.54 Å². The van der Waals surface area contributed by atoms with E-state index in [0.717, 1.165) is 5.56 Å². The number of nitrogens with one attached hydrogen (secondary N) is 1. The quantitative estimate of drug-likeness (QED) is 0.394. The summed E-state index contributed by atoms with van der Waals surface area (Å²) < 4.78 is 20.1. The van der Waals surface area contributed by atoms with Gasteiger partial charge < -0.3 is 10.1 Å². The molecular weight excluding hydrogens is 447 g/mol. The number of hydrogen-bond acceptors (Lipinski definition) is 5. The molecule has 0 unspecified atom stereocenters. The lowest BCUT2D eigenvalue weighted by molar-refractivity contribution is 0.0946. The number of halogens is 1. The first-order valence-electron chi connectivity index (χ1n) is 10.8. The molecule has 3 aromatic carbocycles. The second-order valence-corrected chi connectivity index (χ2v) is 7.69. The van der Waals surface area contributed by atoms with E-state index in [9.17, 15) is 14.0 Å². The molecule has 5 aromatic rings. The number of benzene rings is 3. The fraction of sp³-hybridized carbons (Fsp3) is 0.0370. The normalized spacial score (nSPS) is 10.8. The summed E-state index contributed by atoms with van der Waals surface area (Å²) >= 11 is 0. The highest BCUT2D eigenvalue weighted by Crippen LogP contribution is 2.20. The Labute approximate surface area is 199 Å². The molecule has 0 fully saturated rings. The van der Waals surface area contributed by atoms with Crippen molar-refractivity contribution in [3.8, 4) is 17.3 Å². The molecule has 0 bridgehead atoms. The van der Waals surface area contributed by atoms with Gasteiger partial charge in [-0.15, -0.1) is 0 Å². The van der Waals surface area contributed by atoms with E-state index in [0.29, 0.717) is 28.1 Å². The zero-order chi connectivity index (χ0) is 24.2. The van der Waals surface area contributed by atoms with Crippen molar-refractivity contribution in [2.24, 2.45) is 0 Å². The summed E-state index contributed by atoms with van der Waals surface area (Å²) in [6, 6.07) is 25.0. The van der Waals surface area contributed by atoms with Crippen LogP contribution in [0.4, 0.5) is 4.39 Å². The molecule has 0 radical (unpaired) electrons. The summed E-state index contributed by atoms with van der Waals surface area (Å²) in [7, 11) is 0. The zero-order valence-electron chi connectivity index (χ0n) is 18.4. The Hall–Kier alpha value is -4.85. The summed E-state index contributed by atoms with van der Waals surface area (Å²) in [6.45, 7) is 0.187.